The number of fused-ring (bicyclic) bond motifs is 1. The monoisotopic (exact) mass is 552 g/mol. The van der Waals surface area contributed by atoms with E-state index in [9.17, 15) is 13.2 Å². The van der Waals surface area contributed by atoms with Crippen molar-refractivity contribution in [2.75, 3.05) is 7.11 Å². The zero-order valence-corrected chi connectivity index (χ0v) is 21.8. The van der Waals surface area contributed by atoms with Gasteiger partial charge in [-0.15, -0.1) is 0 Å². The summed E-state index contributed by atoms with van der Waals surface area (Å²) in [5.74, 6) is 0.303. The summed E-state index contributed by atoms with van der Waals surface area (Å²) in [6, 6.07) is 3.92. The van der Waals surface area contributed by atoms with Gasteiger partial charge < -0.3 is 9.30 Å². The highest BCUT2D eigenvalue weighted by Gasteiger charge is 2.35. The summed E-state index contributed by atoms with van der Waals surface area (Å²) >= 11 is 0. The number of ether oxygens (including phenoxy) is 1. The largest absolute Gasteiger partial charge is 0.480 e. The van der Waals surface area contributed by atoms with Crippen LogP contribution in [0.15, 0.2) is 43.1 Å². The molecule has 0 amide bonds. The molecule has 6 rings (SSSR count). The van der Waals surface area contributed by atoms with E-state index in [1.54, 1.807) is 30.1 Å². The van der Waals surface area contributed by atoms with Gasteiger partial charge in [-0.3, -0.25) is 0 Å². The highest BCUT2D eigenvalue weighted by Crippen LogP contribution is 2.45. The maximum Gasteiger partial charge on any atom is 0.434 e. The molecule has 0 radical (unpaired) electrons. The molecule has 0 N–H and O–H groups in total. The van der Waals surface area contributed by atoms with E-state index in [0.717, 1.165) is 24.7 Å². The summed E-state index contributed by atoms with van der Waals surface area (Å²) < 4.78 is 63.5. The minimum absolute atomic E-state index is 0.0213. The first kappa shape index (κ1) is 25.8. The molecule has 4 heterocycles. The zero-order chi connectivity index (χ0) is 28.2. The van der Waals surface area contributed by atoms with Crippen molar-refractivity contribution in [3.05, 3.63) is 65.9 Å². The fraction of sp³-hybridized carbons (Fsp3) is 0.333. The lowest BCUT2D eigenvalue weighted by Crippen LogP contribution is -2.10. The topological polar surface area (TPSA) is 96.4 Å². The lowest BCUT2D eigenvalue weighted by atomic mass is 10.0. The molecular formula is C27H24F4N8O. The first-order chi connectivity index (χ1) is 19.2. The summed E-state index contributed by atoms with van der Waals surface area (Å²) in [7, 11) is 1.53. The molecule has 13 heteroatoms. The van der Waals surface area contributed by atoms with Crippen molar-refractivity contribution in [3.63, 3.8) is 0 Å². The molecule has 0 unspecified atom stereocenters. The number of nitrogens with zero attached hydrogens (tertiary/aromatic N) is 8. The van der Waals surface area contributed by atoms with Gasteiger partial charge in [-0.1, -0.05) is 6.07 Å². The van der Waals surface area contributed by atoms with Gasteiger partial charge >= 0.3 is 6.18 Å². The molecule has 1 aromatic carbocycles. The maximum absolute atomic E-state index is 15.4. The Kier molecular flexibility index (Phi) is 6.23. The van der Waals surface area contributed by atoms with E-state index in [-0.39, 0.29) is 17.9 Å². The van der Waals surface area contributed by atoms with Crippen LogP contribution in [0.1, 0.15) is 55.6 Å². The molecule has 4 aromatic heterocycles. The SMILES string of the molecule is CCn1cc(C(F)(F)F)nc1-c1ccc([C@H](C)n2ncc3cnc(-c4c(OC)ncnc4C4CC4)nc32)cc1F. The fourth-order valence-corrected chi connectivity index (χ4v) is 4.78. The summed E-state index contributed by atoms with van der Waals surface area (Å²) in [5, 5.41) is 5.16. The third kappa shape index (κ3) is 4.44. The van der Waals surface area contributed by atoms with E-state index in [1.807, 2.05) is 6.92 Å². The average molecular weight is 553 g/mol. The normalized spacial score (nSPS) is 14.6. The predicted octanol–water partition coefficient (Wildman–Crippen LogP) is 5.82. The molecule has 0 spiro atoms. The maximum atomic E-state index is 15.4. The Bertz CT molecular complexity index is 1720. The van der Waals surface area contributed by atoms with Gasteiger partial charge in [-0.05, 0) is 44.4 Å². The summed E-state index contributed by atoms with van der Waals surface area (Å²) in [6.45, 7) is 3.71. The van der Waals surface area contributed by atoms with E-state index < -0.39 is 23.7 Å². The number of alkyl halides is 3. The molecule has 1 aliphatic carbocycles. The van der Waals surface area contributed by atoms with Crippen molar-refractivity contribution < 1.29 is 22.3 Å². The molecule has 1 saturated carbocycles. The Hall–Kier alpha value is -4.42. The van der Waals surface area contributed by atoms with Gasteiger partial charge in [0.05, 0.1) is 36.0 Å². The molecule has 40 heavy (non-hydrogen) atoms. The second-order valence-corrected chi connectivity index (χ2v) is 9.63. The van der Waals surface area contributed by atoms with Crippen LogP contribution in [0.4, 0.5) is 17.6 Å². The first-order valence-corrected chi connectivity index (χ1v) is 12.7. The van der Waals surface area contributed by atoms with Crippen LogP contribution in [0.2, 0.25) is 0 Å². The minimum atomic E-state index is -4.63. The molecule has 1 fully saturated rings. The number of rotatable bonds is 7. The number of methoxy groups -OCH3 is 1. The van der Waals surface area contributed by atoms with Crippen LogP contribution in [-0.4, -0.2) is 46.4 Å². The van der Waals surface area contributed by atoms with Crippen LogP contribution in [-0.2, 0) is 12.7 Å². The van der Waals surface area contributed by atoms with Crippen LogP contribution in [0.3, 0.4) is 0 Å². The summed E-state index contributed by atoms with van der Waals surface area (Å²) in [5.41, 5.74) is 1.45. The minimum Gasteiger partial charge on any atom is -0.480 e. The Morgan fingerprint density at radius 1 is 1.10 bits per heavy atom. The lowest BCUT2D eigenvalue weighted by molar-refractivity contribution is -0.140. The zero-order valence-electron chi connectivity index (χ0n) is 21.8. The van der Waals surface area contributed by atoms with Crippen molar-refractivity contribution in [1.29, 1.82) is 0 Å². The molecule has 1 atom stereocenters. The molecule has 0 saturated heterocycles. The molecule has 206 valence electrons. The summed E-state index contributed by atoms with van der Waals surface area (Å²) in [4.78, 5) is 21.7. The number of imidazole rings is 1. The number of aryl methyl sites for hydroxylation is 1. The lowest BCUT2D eigenvalue weighted by Gasteiger charge is -2.16. The van der Waals surface area contributed by atoms with Crippen molar-refractivity contribution in [2.24, 2.45) is 0 Å². The van der Waals surface area contributed by atoms with Crippen molar-refractivity contribution in [1.82, 2.24) is 39.3 Å². The van der Waals surface area contributed by atoms with E-state index in [4.69, 9.17) is 9.72 Å². The van der Waals surface area contributed by atoms with Crippen molar-refractivity contribution in [3.8, 4) is 28.7 Å². The number of hydrogen-bond acceptors (Lipinski definition) is 7. The quantitative estimate of drug-likeness (QED) is 0.235. The van der Waals surface area contributed by atoms with E-state index in [2.05, 4.69) is 25.0 Å². The molecule has 0 aliphatic heterocycles. The van der Waals surface area contributed by atoms with Crippen LogP contribution in [0, 0.1) is 5.82 Å². The number of hydrogen-bond donors (Lipinski definition) is 0. The van der Waals surface area contributed by atoms with Crippen LogP contribution in [0.25, 0.3) is 33.8 Å². The third-order valence-corrected chi connectivity index (χ3v) is 7.05. The van der Waals surface area contributed by atoms with Gasteiger partial charge in [0.15, 0.2) is 17.2 Å². The predicted molar refractivity (Wildman–Crippen MR) is 137 cm³/mol. The first-order valence-electron chi connectivity index (χ1n) is 12.7. The highest BCUT2D eigenvalue weighted by molar-refractivity contribution is 5.77. The second-order valence-electron chi connectivity index (χ2n) is 9.63. The molecule has 1 aliphatic rings. The van der Waals surface area contributed by atoms with Gasteiger partial charge in [-0.2, -0.15) is 18.3 Å². The third-order valence-electron chi connectivity index (χ3n) is 7.05. The molecular weight excluding hydrogens is 528 g/mol. The Labute approximate surface area is 225 Å². The highest BCUT2D eigenvalue weighted by atomic mass is 19.4. The van der Waals surface area contributed by atoms with Gasteiger partial charge in [-0.25, -0.2) is 34.0 Å². The average Bonchev–Trinajstić information content (AvgIpc) is 3.55. The molecule has 9 nitrogen and oxygen atoms in total. The van der Waals surface area contributed by atoms with Crippen LogP contribution in [0.5, 0.6) is 5.88 Å². The van der Waals surface area contributed by atoms with Gasteiger partial charge in [0.25, 0.3) is 0 Å². The molecule has 5 aromatic rings. The Morgan fingerprint density at radius 3 is 2.58 bits per heavy atom. The fourth-order valence-electron chi connectivity index (χ4n) is 4.78. The van der Waals surface area contributed by atoms with E-state index in [0.29, 0.717) is 39.8 Å². The van der Waals surface area contributed by atoms with Crippen LogP contribution >= 0.6 is 0 Å². The second kappa shape index (κ2) is 9.65. The Balaban J connectivity index is 1.38. The van der Waals surface area contributed by atoms with Crippen molar-refractivity contribution in [2.45, 2.75) is 51.4 Å². The van der Waals surface area contributed by atoms with Crippen molar-refractivity contribution >= 4 is 11.0 Å². The summed E-state index contributed by atoms with van der Waals surface area (Å²) in [6.07, 6.45) is 3.04. The number of halogens is 4. The standard InChI is InChI=1S/C27H24F4N8O/c1-4-38-12-20(27(29,30)31)36-25(38)18-8-7-16(9-19(18)28)14(2)39-24-17(11-35-39)10-32-23(37-24)21-22(15-5-6-15)33-13-34-26(21)40-3/h7-15H,4-6H2,1-3H3/t14-/m0/s1. The molecule has 0 bridgehead atoms. The van der Waals surface area contributed by atoms with Gasteiger partial charge in [0.1, 0.15) is 23.5 Å². The Morgan fingerprint density at radius 2 is 1.90 bits per heavy atom. The van der Waals surface area contributed by atoms with Crippen LogP contribution < -0.4 is 4.74 Å². The van der Waals surface area contributed by atoms with E-state index >= 15 is 4.39 Å². The number of aromatic nitrogens is 8. The number of benzene rings is 1. The van der Waals surface area contributed by atoms with Gasteiger partial charge in [0, 0.05) is 24.9 Å². The van der Waals surface area contributed by atoms with Gasteiger partial charge in [0.2, 0.25) is 5.88 Å². The smallest absolute Gasteiger partial charge is 0.434 e. The van der Waals surface area contributed by atoms with E-state index in [1.165, 1.54) is 30.1 Å².